The van der Waals surface area contributed by atoms with Crippen molar-refractivity contribution >= 4 is 24.0 Å². The van der Waals surface area contributed by atoms with Crippen molar-refractivity contribution < 1.29 is 117 Å². The second-order valence-corrected chi connectivity index (χ2v) is 26.6. The summed E-state index contributed by atoms with van der Waals surface area (Å²) in [7, 11) is 0. The van der Waals surface area contributed by atoms with Gasteiger partial charge in [0.2, 0.25) is 0 Å². The average molecular weight is 1330 g/mol. The Morgan fingerprint density at radius 2 is 1.19 bits per heavy atom. The first kappa shape index (κ1) is 77.0. The van der Waals surface area contributed by atoms with Crippen LogP contribution >= 0.6 is 0 Å². The normalized spacial score (nSPS) is 39.7. The number of benzene rings is 1. The number of ether oxygens (including phenoxy) is 13. The van der Waals surface area contributed by atoms with Gasteiger partial charge in [-0.2, -0.15) is 0 Å². The topological polar surface area (TPSA) is 333 Å². The van der Waals surface area contributed by atoms with Crippen LogP contribution in [-0.2, 0) is 76.0 Å². The van der Waals surface area contributed by atoms with E-state index in [9.17, 15) is 55.2 Å². The Bertz CT molecular complexity index is 2350. The molecule has 8 N–H and O–H groups in total. The predicted molar refractivity (Wildman–Crippen MR) is 336 cm³/mol. The van der Waals surface area contributed by atoms with E-state index in [-0.39, 0.29) is 25.6 Å². The summed E-state index contributed by atoms with van der Waals surface area (Å²) in [6.45, 7) is 13.6. The summed E-state index contributed by atoms with van der Waals surface area (Å²) < 4.78 is 84.1. The van der Waals surface area contributed by atoms with Crippen molar-refractivity contribution in [2.75, 3.05) is 13.2 Å². The molecule has 24 nitrogen and oxygen atoms in total. The molecule has 7 rings (SSSR count). The third-order valence-corrected chi connectivity index (χ3v) is 19.2. The molecule has 93 heavy (non-hydrogen) atoms. The molecule has 5 saturated heterocycles. The fourth-order valence-corrected chi connectivity index (χ4v) is 13.2. The van der Waals surface area contributed by atoms with E-state index in [1.807, 2.05) is 13.0 Å². The number of aliphatic hydroxyl groups is 8. The number of hydrogen-bond donors (Lipinski definition) is 8. The Balaban J connectivity index is 1.22. The highest BCUT2D eigenvalue weighted by molar-refractivity contribution is 5.87. The summed E-state index contributed by atoms with van der Waals surface area (Å²) in [4.78, 5) is 41.6. The molecule has 5 aliphatic heterocycles. The Morgan fingerprint density at radius 3 is 1.89 bits per heavy atom. The van der Waals surface area contributed by atoms with Crippen molar-refractivity contribution in [3.05, 3.63) is 42.0 Å². The number of hydrogen-bond acceptors (Lipinski definition) is 24. The van der Waals surface area contributed by atoms with Crippen LogP contribution in [0.1, 0.15) is 196 Å². The van der Waals surface area contributed by atoms with Crippen molar-refractivity contribution in [3.8, 4) is 0 Å². The van der Waals surface area contributed by atoms with Crippen LogP contribution in [0.25, 0.3) is 6.08 Å². The molecule has 532 valence electrons. The van der Waals surface area contributed by atoms with Gasteiger partial charge in [0.25, 0.3) is 0 Å². The van der Waals surface area contributed by atoms with E-state index >= 15 is 0 Å². The van der Waals surface area contributed by atoms with Gasteiger partial charge in [-0.1, -0.05) is 155 Å². The second kappa shape index (κ2) is 38.7. The largest absolute Gasteiger partial charge is 0.455 e. The molecule has 0 radical (unpaired) electrons. The number of aliphatic hydroxyl groups excluding tert-OH is 8. The van der Waals surface area contributed by atoms with Crippen molar-refractivity contribution in [2.45, 2.75) is 344 Å². The maximum atomic E-state index is 14.3. The van der Waals surface area contributed by atoms with Crippen LogP contribution in [0.3, 0.4) is 0 Å². The van der Waals surface area contributed by atoms with E-state index in [1.165, 1.54) is 6.08 Å². The number of rotatable bonds is 24. The van der Waals surface area contributed by atoms with Crippen molar-refractivity contribution in [1.29, 1.82) is 0 Å². The Kier molecular flexibility index (Phi) is 32.0. The first-order valence-corrected chi connectivity index (χ1v) is 34.9. The zero-order valence-corrected chi connectivity index (χ0v) is 56.0. The minimum absolute atomic E-state index is 0.0457. The number of carbonyl (C=O) groups is 3. The van der Waals surface area contributed by atoms with Crippen molar-refractivity contribution in [3.63, 3.8) is 0 Å². The molecule has 1 saturated carbocycles. The average Bonchev–Trinajstić information content (AvgIpc) is 0.772. The summed E-state index contributed by atoms with van der Waals surface area (Å²) >= 11 is 0. The lowest BCUT2D eigenvalue weighted by atomic mass is 9.81. The Morgan fingerprint density at radius 1 is 0.559 bits per heavy atom. The van der Waals surface area contributed by atoms with Crippen LogP contribution in [0.2, 0.25) is 0 Å². The highest BCUT2D eigenvalue weighted by atomic mass is 16.8. The van der Waals surface area contributed by atoms with Crippen LogP contribution in [0.5, 0.6) is 0 Å². The van der Waals surface area contributed by atoms with E-state index in [0.717, 1.165) is 109 Å². The molecule has 0 unspecified atom stereocenters. The molecule has 27 atom stereocenters. The van der Waals surface area contributed by atoms with Crippen LogP contribution in [0.4, 0.5) is 0 Å². The third-order valence-electron chi connectivity index (χ3n) is 19.2. The second-order valence-electron chi connectivity index (χ2n) is 26.6. The highest BCUT2D eigenvalue weighted by Gasteiger charge is 2.59. The standard InChI is InChI=1S/C69H112O24/c1-9-12-14-19-27-33-48(71)88-58-42(7)83-67(56(79)61(58)89-49(72)35-34-44-29-24-22-25-30-44)92-59-43(8)84-69(64(90-65(80)39(4)11-3)63(59)93-66-54(77)52(75)51(74)47(38-70)87-66)91-57-40(5)37-46-60(55(57)78)81-36-28-21-18-16-15-17-20-26-32-45(31-23-13-10-2)85-68-62(86-46)53(76)50(73)41(6)82-68/h22,24-25,29-30,34-35,39-43,45-47,50-64,66-70,73-79H,9-21,23,26-28,31-33,36-38H2,1-8H3/b35-34+/t39-,40-,41+,42-,43-,45-,46-,47+,50-,51+,52-,53-,54+,55+,56+,57+,58-,59-,60-,61-,62+,63+,64+,66-,67-,68-,69-/m0/s1. The van der Waals surface area contributed by atoms with Gasteiger partial charge in [-0.3, -0.25) is 9.59 Å². The van der Waals surface area contributed by atoms with Gasteiger partial charge in [-0.15, -0.1) is 0 Å². The van der Waals surface area contributed by atoms with Gasteiger partial charge < -0.3 is 102 Å². The van der Waals surface area contributed by atoms with E-state index in [2.05, 4.69) is 13.8 Å². The van der Waals surface area contributed by atoms with Gasteiger partial charge in [0.05, 0.1) is 49.1 Å². The van der Waals surface area contributed by atoms with Gasteiger partial charge in [-0.05, 0) is 76.9 Å². The van der Waals surface area contributed by atoms with Crippen LogP contribution < -0.4 is 0 Å². The molecule has 5 heterocycles. The molecule has 6 aliphatic rings. The van der Waals surface area contributed by atoms with Crippen LogP contribution in [0.15, 0.2) is 36.4 Å². The summed E-state index contributed by atoms with van der Waals surface area (Å²) in [5.74, 6) is -3.65. The Hall–Kier alpha value is -3.35. The fourth-order valence-electron chi connectivity index (χ4n) is 13.2. The zero-order chi connectivity index (χ0) is 67.3. The SMILES string of the molecule is CCCCCCCC(=O)O[C@@H]1[C@@H](OC(=O)/C=C/c2ccccc2)[C@@H](O)[C@H](O[C@@H]2[C@@H](O[C@@H]3O[C@H](CO)[C@@H](O)[C@H](O)[C@H]3O)[C@@H](OC(=O)[C@@H](C)CC)[C@H](O[C@H]3[C@@H](O)[C@H]4OCCCCCCCCCC[C@H](CCCCC)O[C@@H]5O[C@H](C)[C@H](O)[C@H](O)[C@H]5O[C@H]4C[C@@H]3C)O[C@H]2C)O[C@H]1C. The first-order valence-electron chi connectivity index (χ1n) is 34.9. The molecule has 1 aliphatic carbocycles. The van der Waals surface area contributed by atoms with E-state index in [0.29, 0.717) is 24.8 Å². The van der Waals surface area contributed by atoms with Gasteiger partial charge in [-0.25, -0.2) is 4.79 Å². The van der Waals surface area contributed by atoms with Gasteiger partial charge in [0, 0.05) is 19.1 Å². The van der Waals surface area contributed by atoms with Gasteiger partial charge >= 0.3 is 17.9 Å². The maximum absolute atomic E-state index is 14.3. The van der Waals surface area contributed by atoms with E-state index < -0.39 is 184 Å². The minimum atomic E-state index is -2.00. The number of unbranched alkanes of at least 4 members (excludes halogenated alkanes) is 6. The van der Waals surface area contributed by atoms with Crippen LogP contribution in [0, 0.1) is 11.8 Å². The lowest BCUT2D eigenvalue weighted by molar-refractivity contribution is -0.390. The Labute approximate surface area is 549 Å². The zero-order valence-electron chi connectivity index (χ0n) is 56.0. The van der Waals surface area contributed by atoms with Gasteiger partial charge in [0.1, 0.15) is 73.2 Å². The summed E-state index contributed by atoms with van der Waals surface area (Å²) in [5.41, 5.74) is 0.675. The monoisotopic (exact) mass is 1320 g/mol. The smallest absolute Gasteiger partial charge is 0.331 e. The lowest BCUT2D eigenvalue weighted by Gasteiger charge is -2.51. The molecule has 6 fully saturated rings. The van der Waals surface area contributed by atoms with E-state index in [4.69, 9.17) is 61.6 Å². The first-order chi connectivity index (χ1) is 44.7. The molecular weight excluding hydrogens is 1210 g/mol. The number of carbonyl (C=O) groups excluding carboxylic acids is 3. The summed E-state index contributed by atoms with van der Waals surface area (Å²) in [6.07, 6.45) is -15.9. The minimum Gasteiger partial charge on any atom is -0.455 e. The molecule has 0 amide bonds. The number of esters is 3. The quantitative estimate of drug-likeness (QED) is 0.0249. The molecule has 0 spiro atoms. The van der Waals surface area contributed by atoms with Crippen molar-refractivity contribution in [2.24, 2.45) is 11.8 Å². The third kappa shape index (κ3) is 21.6. The lowest BCUT2D eigenvalue weighted by Crippen LogP contribution is -2.68. The predicted octanol–water partition coefficient (Wildman–Crippen LogP) is 6.14. The molecular formula is C69H112O24. The molecule has 0 bridgehead atoms. The molecule has 1 aromatic rings. The summed E-state index contributed by atoms with van der Waals surface area (Å²) in [6, 6.07) is 8.94. The fraction of sp³-hybridized carbons (Fsp3) is 0.841. The summed E-state index contributed by atoms with van der Waals surface area (Å²) in [5, 5.41) is 92.4. The highest BCUT2D eigenvalue weighted by Crippen LogP contribution is 2.41. The van der Waals surface area contributed by atoms with Gasteiger partial charge in [0.15, 0.2) is 43.5 Å². The number of fused-ring (bicyclic) bond motifs is 2. The molecule has 1 aromatic carbocycles. The maximum Gasteiger partial charge on any atom is 0.331 e. The molecule has 24 heteroatoms. The van der Waals surface area contributed by atoms with E-state index in [1.54, 1.807) is 58.9 Å². The molecule has 0 aromatic heterocycles. The van der Waals surface area contributed by atoms with Crippen molar-refractivity contribution in [1.82, 2.24) is 0 Å². The van der Waals surface area contributed by atoms with Crippen LogP contribution in [-0.4, -0.2) is 225 Å².